The molecule has 0 saturated heterocycles. The fourth-order valence-electron chi connectivity index (χ4n) is 1.48. The zero-order valence-corrected chi connectivity index (χ0v) is 10.7. The van der Waals surface area contributed by atoms with Crippen LogP contribution in [0, 0.1) is 6.92 Å². The van der Waals surface area contributed by atoms with Crippen LogP contribution in [0.2, 0.25) is 0 Å². The van der Waals surface area contributed by atoms with Crippen LogP contribution in [0.15, 0.2) is 24.3 Å². The van der Waals surface area contributed by atoms with Crippen molar-refractivity contribution in [2.24, 2.45) is 0 Å². The van der Waals surface area contributed by atoms with Crippen molar-refractivity contribution in [3.05, 3.63) is 35.4 Å². The predicted molar refractivity (Wildman–Crippen MR) is 71.6 cm³/mol. The number of nitrogens with two attached hydrogens (primary N) is 1. The number of hydrogen-bond acceptors (Lipinski definition) is 5. The molecule has 0 aliphatic carbocycles. The van der Waals surface area contributed by atoms with Gasteiger partial charge in [0.2, 0.25) is 0 Å². The summed E-state index contributed by atoms with van der Waals surface area (Å²) in [5, 5.41) is 4.34. The second-order valence-corrected chi connectivity index (χ2v) is 4.50. The predicted octanol–water partition coefficient (Wildman–Crippen LogP) is 2.65. The van der Waals surface area contributed by atoms with Crippen LogP contribution < -0.4 is 15.8 Å². The first-order valence-corrected chi connectivity index (χ1v) is 6.06. The quantitative estimate of drug-likeness (QED) is 0.874. The lowest BCUT2D eigenvalue weighted by molar-refractivity contribution is 0.414. The number of anilines is 2. The van der Waals surface area contributed by atoms with Gasteiger partial charge in [0.05, 0.1) is 7.11 Å². The molecule has 2 rings (SSSR count). The highest BCUT2D eigenvalue weighted by Crippen LogP contribution is 2.26. The minimum Gasteiger partial charge on any atom is -0.497 e. The zero-order chi connectivity index (χ0) is 12.3. The fraction of sp³-hybridized carbons (Fsp3) is 0.250. The van der Waals surface area contributed by atoms with Gasteiger partial charge in [0.1, 0.15) is 16.6 Å². The lowest BCUT2D eigenvalue weighted by Gasteiger charge is -2.06. The molecular weight excluding hydrogens is 234 g/mol. The highest BCUT2D eigenvalue weighted by Gasteiger charge is 2.05. The molecule has 4 nitrogen and oxygen atoms in total. The molecule has 3 N–H and O–H groups in total. The van der Waals surface area contributed by atoms with Crippen LogP contribution >= 0.6 is 11.5 Å². The number of nitrogens with zero attached hydrogens (tertiary/aromatic N) is 1. The summed E-state index contributed by atoms with van der Waals surface area (Å²) in [4.78, 5) is 0. The monoisotopic (exact) mass is 249 g/mol. The van der Waals surface area contributed by atoms with Crippen LogP contribution in [0.1, 0.15) is 11.1 Å². The topological polar surface area (TPSA) is 60.2 Å². The summed E-state index contributed by atoms with van der Waals surface area (Å²) >= 11 is 1.39. The molecule has 5 heteroatoms. The molecule has 1 aromatic heterocycles. The summed E-state index contributed by atoms with van der Waals surface area (Å²) in [7, 11) is 1.67. The summed E-state index contributed by atoms with van der Waals surface area (Å²) in [6.45, 7) is 2.70. The van der Waals surface area contributed by atoms with E-state index in [1.54, 1.807) is 7.11 Å². The summed E-state index contributed by atoms with van der Waals surface area (Å²) in [6, 6.07) is 7.96. The molecule has 1 aromatic carbocycles. The van der Waals surface area contributed by atoms with E-state index in [1.165, 1.54) is 11.5 Å². The van der Waals surface area contributed by atoms with Gasteiger partial charge in [-0.05, 0) is 36.2 Å². The normalized spacial score (nSPS) is 10.2. The van der Waals surface area contributed by atoms with Crippen LogP contribution in [0.5, 0.6) is 5.75 Å². The maximum Gasteiger partial charge on any atom is 0.142 e. The van der Waals surface area contributed by atoms with Crippen molar-refractivity contribution in [3.63, 3.8) is 0 Å². The molecule has 2 aromatic rings. The van der Waals surface area contributed by atoms with Crippen LogP contribution in [0.3, 0.4) is 0 Å². The van der Waals surface area contributed by atoms with E-state index in [0.717, 1.165) is 28.4 Å². The van der Waals surface area contributed by atoms with E-state index in [1.807, 2.05) is 25.1 Å². The zero-order valence-electron chi connectivity index (χ0n) is 9.86. The van der Waals surface area contributed by atoms with Gasteiger partial charge in [-0.3, -0.25) is 0 Å². The third-order valence-electron chi connectivity index (χ3n) is 2.55. The van der Waals surface area contributed by atoms with Crippen LogP contribution in [0.25, 0.3) is 0 Å². The Kier molecular flexibility index (Phi) is 3.49. The average molecular weight is 249 g/mol. The molecule has 0 saturated carbocycles. The number of aromatic nitrogens is 1. The van der Waals surface area contributed by atoms with Gasteiger partial charge in [0.15, 0.2) is 0 Å². The van der Waals surface area contributed by atoms with Crippen molar-refractivity contribution in [2.45, 2.75) is 13.5 Å². The van der Waals surface area contributed by atoms with Crippen molar-refractivity contribution >= 4 is 22.4 Å². The number of nitrogens with one attached hydrogen (secondary N) is 1. The molecule has 90 valence electrons. The van der Waals surface area contributed by atoms with Crippen molar-refractivity contribution in [3.8, 4) is 5.75 Å². The minimum absolute atomic E-state index is 0.600. The van der Waals surface area contributed by atoms with Gasteiger partial charge in [-0.2, -0.15) is 4.37 Å². The summed E-state index contributed by atoms with van der Waals surface area (Å²) in [5.41, 5.74) is 7.87. The van der Waals surface area contributed by atoms with Gasteiger partial charge < -0.3 is 15.8 Å². The Balaban J connectivity index is 2.04. The minimum atomic E-state index is 0.600. The van der Waals surface area contributed by atoms with E-state index in [2.05, 4.69) is 15.8 Å². The average Bonchev–Trinajstić information content (AvgIpc) is 2.68. The van der Waals surface area contributed by atoms with Crippen molar-refractivity contribution < 1.29 is 4.74 Å². The largest absolute Gasteiger partial charge is 0.497 e. The van der Waals surface area contributed by atoms with Crippen molar-refractivity contribution in [1.29, 1.82) is 0 Å². The smallest absolute Gasteiger partial charge is 0.142 e. The van der Waals surface area contributed by atoms with Crippen LogP contribution in [0.4, 0.5) is 10.8 Å². The summed E-state index contributed by atoms with van der Waals surface area (Å²) < 4.78 is 9.27. The molecule has 0 amide bonds. The molecular formula is C12H15N3OS. The Morgan fingerprint density at radius 3 is 2.94 bits per heavy atom. The van der Waals surface area contributed by atoms with E-state index in [-0.39, 0.29) is 0 Å². The number of benzene rings is 1. The van der Waals surface area contributed by atoms with E-state index in [9.17, 15) is 0 Å². The highest BCUT2D eigenvalue weighted by atomic mass is 32.1. The van der Waals surface area contributed by atoms with Crippen LogP contribution in [-0.4, -0.2) is 11.5 Å². The third kappa shape index (κ3) is 2.68. The lowest BCUT2D eigenvalue weighted by atomic mass is 10.2. The van der Waals surface area contributed by atoms with Gasteiger partial charge in [0, 0.05) is 12.1 Å². The van der Waals surface area contributed by atoms with Gasteiger partial charge in [0.25, 0.3) is 0 Å². The van der Waals surface area contributed by atoms with E-state index >= 15 is 0 Å². The third-order valence-corrected chi connectivity index (χ3v) is 3.47. The first-order valence-electron chi connectivity index (χ1n) is 5.29. The van der Waals surface area contributed by atoms with E-state index in [0.29, 0.717) is 5.82 Å². The summed E-state index contributed by atoms with van der Waals surface area (Å²) in [6.07, 6.45) is 0. The fourth-order valence-corrected chi connectivity index (χ4v) is 2.18. The summed E-state index contributed by atoms with van der Waals surface area (Å²) in [5.74, 6) is 1.47. The molecule has 0 radical (unpaired) electrons. The Bertz CT molecular complexity index is 510. The molecule has 0 spiro atoms. The standard InChI is InChI=1S/C12H15N3OS/c1-8-11(13)15-17-12(8)14-7-9-4-3-5-10(6-9)16-2/h3-6,14H,7H2,1-2H3,(H2,13,15). The lowest BCUT2D eigenvalue weighted by Crippen LogP contribution is -1.99. The molecule has 0 aliphatic heterocycles. The molecule has 0 fully saturated rings. The molecule has 0 bridgehead atoms. The first kappa shape index (κ1) is 11.7. The first-order chi connectivity index (χ1) is 8.20. The molecule has 0 atom stereocenters. The maximum absolute atomic E-state index is 5.69. The number of rotatable bonds is 4. The van der Waals surface area contributed by atoms with Gasteiger partial charge in [-0.1, -0.05) is 12.1 Å². The SMILES string of the molecule is COc1cccc(CNc2snc(N)c2C)c1. The molecule has 17 heavy (non-hydrogen) atoms. The second kappa shape index (κ2) is 5.05. The molecule has 0 aliphatic rings. The number of hydrogen-bond donors (Lipinski definition) is 2. The Labute approximate surface area is 105 Å². The van der Waals surface area contributed by atoms with Crippen molar-refractivity contribution in [1.82, 2.24) is 4.37 Å². The van der Waals surface area contributed by atoms with Gasteiger partial charge in [-0.15, -0.1) is 0 Å². The number of nitrogen functional groups attached to an aromatic ring is 1. The van der Waals surface area contributed by atoms with Crippen LogP contribution in [-0.2, 0) is 6.54 Å². The Morgan fingerprint density at radius 1 is 1.47 bits per heavy atom. The molecule has 1 heterocycles. The number of ether oxygens (including phenoxy) is 1. The Morgan fingerprint density at radius 2 is 2.29 bits per heavy atom. The van der Waals surface area contributed by atoms with Gasteiger partial charge in [-0.25, -0.2) is 0 Å². The van der Waals surface area contributed by atoms with E-state index in [4.69, 9.17) is 10.5 Å². The molecule has 0 unspecified atom stereocenters. The maximum atomic E-state index is 5.69. The van der Waals surface area contributed by atoms with Crippen molar-refractivity contribution in [2.75, 3.05) is 18.2 Å². The van der Waals surface area contributed by atoms with Gasteiger partial charge >= 0.3 is 0 Å². The number of methoxy groups -OCH3 is 1. The van der Waals surface area contributed by atoms with E-state index < -0.39 is 0 Å². The Hall–Kier alpha value is -1.75. The highest BCUT2D eigenvalue weighted by molar-refractivity contribution is 7.10. The second-order valence-electron chi connectivity index (χ2n) is 3.73.